The van der Waals surface area contributed by atoms with Crippen molar-refractivity contribution in [3.8, 4) is 5.75 Å². The predicted octanol–water partition coefficient (Wildman–Crippen LogP) is 1.69. The number of carbonyl (C=O) groups is 1. The van der Waals surface area contributed by atoms with Crippen LogP contribution in [-0.2, 0) is 0 Å². The van der Waals surface area contributed by atoms with Gasteiger partial charge in [0.15, 0.2) is 0 Å². The van der Waals surface area contributed by atoms with Crippen molar-refractivity contribution in [2.45, 2.75) is 19.4 Å². The van der Waals surface area contributed by atoms with Crippen LogP contribution in [0.5, 0.6) is 5.75 Å². The molecule has 6 heteroatoms. The van der Waals surface area contributed by atoms with Crippen LogP contribution in [0, 0.1) is 5.82 Å². The molecule has 0 aliphatic heterocycles. The molecule has 1 unspecified atom stereocenters. The lowest BCUT2D eigenvalue weighted by Crippen LogP contribution is -2.26. The normalized spacial score (nSPS) is 12.2. The molecule has 0 fully saturated rings. The Labute approximate surface area is 103 Å². The van der Waals surface area contributed by atoms with Crippen LogP contribution in [0.25, 0.3) is 0 Å². The van der Waals surface area contributed by atoms with E-state index in [0.717, 1.165) is 12.1 Å². The van der Waals surface area contributed by atoms with Crippen LogP contribution in [0.4, 0.5) is 4.39 Å². The van der Waals surface area contributed by atoms with E-state index >= 15 is 0 Å². The largest absolute Gasteiger partial charge is 0.506 e. The van der Waals surface area contributed by atoms with Gasteiger partial charge in [-0.3, -0.25) is 4.79 Å². The zero-order chi connectivity index (χ0) is 13.0. The first-order chi connectivity index (χ1) is 7.91. The van der Waals surface area contributed by atoms with Crippen LogP contribution in [-0.4, -0.2) is 28.8 Å². The maximum Gasteiger partial charge on any atom is 0.255 e. The van der Waals surface area contributed by atoms with Crippen LogP contribution >= 0.6 is 11.6 Å². The van der Waals surface area contributed by atoms with Gasteiger partial charge in [-0.1, -0.05) is 11.6 Å². The molecule has 0 heterocycles. The molecule has 1 aromatic carbocycles. The van der Waals surface area contributed by atoms with Gasteiger partial charge in [-0.15, -0.1) is 0 Å². The zero-order valence-electron chi connectivity index (χ0n) is 9.20. The maximum atomic E-state index is 13.0. The second kappa shape index (κ2) is 5.84. The number of hydrogen-bond acceptors (Lipinski definition) is 3. The summed E-state index contributed by atoms with van der Waals surface area (Å²) < 4.78 is 13.0. The molecule has 1 aromatic rings. The van der Waals surface area contributed by atoms with Crippen LogP contribution in [0.3, 0.4) is 0 Å². The fourth-order valence-electron chi connectivity index (χ4n) is 1.23. The smallest absolute Gasteiger partial charge is 0.255 e. The van der Waals surface area contributed by atoms with Crippen molar-refractivity contribution in [3.05, 3.63) is 28.5 Å². The lowest BCUT2D eigenvalue weighted by molar-refractivity contribution is 0.0942. The van der Waals surface area contributed by atoms with Crippen LogP contribution in [0.1, 0.15) is 23.7 Å². The first-order valence-electron chi connectivity index (χ1n) is 5.06. The summed E-state index contributed by atoms with van der Waals surface area (Å²) in [6.45, 7) is 1.81. The Morgan fingerprint density at radius 2 is 2.24 bits per heavy atom. The number of aliphatic hydroxyl groups is 1. The molecule has 1 atom stereocenters. The minimum atomic E-state index is -0.700. The molecule has 0 bridgehead atoms. The highest BCUT2D eigenvalue weighted by Crippen LogP contribution is 2.28. The van der Waals surface area contributed by atoms with Crippen molar-refractivity contribution in [1.82, 2.24) is 5.32 Å². The first-order valence-corrected chi connectivity index (χ1v) is 5.44. The molecule has 1 amide bonds. The Balaban J connectivity index is 2.75. The van der Waals surface area contributed by atoms with Gasteiger partial charge < -0.3 is 15.5 Å². The molecule has 4 nitrogen and oxygen atoms in total. The van der Waals surface area contributed by atoms with Gasteiger partial charge in [0.05, 0.1) is 16.7 Å². The van der Waals surface area contributed by atoms with E-state index in [0.29, 0.717) is 6.42 Å². The van der Waals surface area contributed by atoms with E-state index in [1.165, 1.54) is 0 Å². The Kier molecular flexibility index (Phi) is 4.72. The van der Waals surface area contributed by atoms with E-state index in [-0.39, 0.29) is 17.1 Å². The molecular weight excluding hydrogens is 249 g/mol. The highest BCUT2D eigenvalue weighted by atomic mass is 35.5. The summed E-state index contributed by atoms with van der Waals surface area (Å²) in [5.74, 6) is -1.79. The first kappa shape index (κ1) is 13.7. The Hall–Kier alpha value is -1.33. The Morgan fingerprint density at radius 3 is 2.82 bits per heavy atom. The average Bonchev–Trinajstić information content (AvgIpc) is 2.22. The standard InChI is InChI=1S/C11H13ClFNO3/c1-6(15)2-3-14-11(17)8-4-7(13)5-9(12)10(8)16/h4-6,15-16H,2-3H2,1H3,(H,14,17). The van der Waals surface area contributed by atoms with Crippen molar-refractivity contribution >= 4 is 17.5 Å². The zero-order valence-corrected chi connectivity index (χ0v) is 9.96. The number of phenols is 1. The molecule has 0 aliphatic carbocycles. The highest BCUT2D eigenvalue weighted by Gasteiger charge is 2.15. The van der Waals surface area contributed by atoms with Crippen molar-refractivity contribution in [3.63, 3.8) is 0 Å². The van der Waals surface area contributed by atoms with E-state index < -0.39 is 23.6 Å². The van der Waals surface area contributed by atoms with Crippen molar-refractivity contribution < 1.29 is 19.4 Å². The van der Waals surface area contributed by atoms with Crippen LogP contribution in [0.15, 0.2) is 12.1 Å². The van der Waals surface area contributed by atoms with Crippen molar-refractivity contribution in [1.29, 1.82) is 0 Å². The number of aromatic hydroxyl groups is 1. The fourth-order valence-corrected chi connectivity index (χ4v) is 1.43. The number of phenolic OH excluding ortho intramolecular Hbond substituents is 1. The molecule has 0 aromatic heterocycles. The molecule has 1 rings (SSSR count). The minimum absolute atomic E-state index is 0.217. The number of hydrogen-bond donors (Lipinski definition) is 3. The van der Waals surface area contributed by atoms with Crippen LogP contribution in [0.2, 0.25) is 5.02 Å². The van der Waals surface area contributed by atoms with Gasteiger partial charge in [0, 0.05) is 6.54 Å². The Bertz CT molecular complexity index is 423. The maximum absolute atomic E-state index is 13.0. The number of nitrogens with one attached hydrogen (secondary N) is 1. The summed E-state index contributed by atoms with van der Waals surface area (Å²) in [5.41, 5.74) is -0.222. The molecule has 17 heavy (non-hydrogen) atoms. The highest BCUT2D eigenvalue weighted by molar-refractivity contribution is 6.32. The number of amides is 1. The van der Waals surface area contributed by atoms with Gasteiger partial charge in [-0.25, -0.2) is 4.39 Å². The molecule has 0 aliphatic rings. The summed E-state index contributed by atoms with van der Waals surface area (Å²) in [6.07, 6.45) is -0.171. The quantitative estimate of drug-likeness (QED) is 0.772. The van der Waals surface area contributed by atoms with Gasteiger partial charge in [-0.2, -0.15) is 0 Å². The van der Waals surface area contributed by atoms with Gasteiger partial charge in [0.25, 0.3) is 5.91 Å². The third-order valence-electron chi connectivity index (χ3n) is 2.12. The summed E-state index contributed by atoms with van der Waals surface area (Å²) in [6, 6.07) is 1.82. The van der Waals surface area contributed by atoms with Gasteiger partial charge >= 0.3 is 0 Å². The van der Waals surface area contributed by atoms with Crippen molar-refractivity contribution in [2.75, 3.05) is 6.54 Å². The summed E-state index contributed by atoms with van der Waals surface area (Å²) in [7, 11) is 0. The van der Waals surface area contributed by atoms with Crippen LogP contribution < -0.4 is 5.32 Å². The van der Waals surface area contributed by atoms with Gasteiger partial charge in [0.1, 0.15) is 11.6 Å². The minimum Gasteiger partial charge on any atom is -0.506 e. The van der Waals surface area contributed by atoms with E-state index in [1.807, 2.05) is 0 Å². The van der Waals surface area contributed by atoms with E-state index in [4.69, 9.17) is 16.7 Å². The monoisotopic (exact) mass is 261 g/mol. The summed E-state index contributed by atoms with van der Waals surface area (Å²) in [4.78, 5) is 11.6. The third kappa shape index (κ3) is 3.87. The van der Waals surface area contributed by atoms with Gasteiger partial charge in [-0.05, 0) is 25.5 Å². The lowest BCUT2D eigenvalue weighted by atomic mass is 10.1. The summed E-state index contributed by atoms with van der Waals surface area (Å²) >= 11 is 5.54. The molecule has 3 N–H and O–H groups in total. The number of aliphatic hydroxyl groups excluding tert-OH is 1. The lowest BCUT2D eigenvalue weighted by Gasteiger charge is -2.09. The third-order valence-corrected chi connectivity index (χ3v) is 2.41. The van der Waals surface area contributed by atoms with Gasteiger partial charge in [0.2, 0.25) is 0 Å². The van der Waals surface area contributed by atoms with Crippen molar-refractivity contribution in [2.24, 2.45) is 0 Å². The predicted molar refractivity (Wildman–Crippen MR) is 61.7 cm³/mol. The number of halogens is 2. The summed E-state index contributed by atoms with van der Waals surface area (Å²) in [5, 5.41) is 20.7. The Morgan fingerprint density at radius 1 is 1.59 bits per heavy atom. The number of benzene rings is 1. The molecule has 94 valence electrons. The topological polar surface area (TPSA) is 69.6 Å². The number of rotatable bonds is 4. The van der Waals surface area contributed by atoms with E-state index in [1.54, 1.807) is 6.92 Å². The molecule has 0 saturated heterocycles. The SMILES string of the molecule is CC(O)CCNC(=O)c1cc(F)cc(Cl)c1O. The van der Waals surface area contributed by atoms with E-state index in [9.17, 15) is 14.3 Å². The molecule has 0 radical (unpaired) electrons. The second-order valence-corrected chi connectivity index (χ2v) is 4.08. The molecular formula is C11H13ClFNO3. The number of carbonyl (C=O) groups excluding carboxylic acids is 1. The fraction of sp³-hybridized carbons (Fsp3) is 0.364. The average molecular weight is 262 g/mol. The second-order valence-electron chi connectivity index (χ2n) is 3.68. The van der Waals surface area contributed by atoms with E-state index in [2.05, 4.69) is 5.32 Å². The molecule has 0 saturated carbocycles. The molecule has 0 spiro atoms.